The summed E-state index contributed by atoms with van der Waals surface area (Å²) >= 11 is 0. The van der Waals surface area contributed by atoms with Gasteiger partial charge in [0.05, 0.1) is 25.4 Å². The Morgan fingerprint density at radius 1 is 1.04 bits per heavy atom. The van der Waals surface area contributed by atoms with Gasteiger partial charge < -0.3 is 25.2 Å². The molecule has 26 heavy (non-hydrogen) atoms. The molecule has 7 heteroatoms. The van der Waals surface area contributed by atoms with Crippen molar-refractivity contribution in [3.63, 3.8) is 0 Å². The fourth-order valence-electron chi connectivity index (χ4n) is 2.13. The third-order valence-corrected chi connectivity index (χ3v) is 3.67. The lowest BCUT2D eigenvalue weighted by Gasteiger charge is -2.26. The molecule has 0 saturated carbocycles. The number of carboxylic acid groups (broad SMARTS) is 2. The van der Waals surface area contributed by atoms with Gasteiger partial charge in [0, 0.05) is 19.3 Å². The second kappa shape index (κ2) is 14.2. The van der Waals surface area contributed by atoms with Crippen LogP contribution in [-0.2, 0) is 20.7 Å². The Kier molecular flexibility index (Phi) is 13.2. The van der Waals surface area contributed by atoms with Crippen LogP contribution in [0.4, 0.5) is 0 Å². The fourth-order valence-corrected chi connectivity index (χ4v) is 2.13. The van der Waals surface area contributed by atoms with E-state index in [-0.39, 0.29) is 32.7 Å². The number of aliphatic hydroxyl groups excluding tert-OH is 1. The molecule has 0 amide bonds. The van der Waals surface area contributed by atoms with Gasteiger partial charge in [-0.15, -0.1) is 0 Å². The summed E-state index contributed by atoms with van der Waals surface area (Å²) in [6, 6.07) is 9.86. The predicted molar refractivity (Wildman–Crippen MR) is 97.0 cm³/mol. The third kappa shape index (κ3) is 13.3. The summed E-state index contributed by atoms with van der Waals surface area (Å²) in [5.74, 6) is -1.74. The molecule has 0 bridgehead atoms. The van der Waals surface area contributed by atoms with Crippen LogP contribution in [0.2, 0.25) is 0 Å². The number of ether oxygens (including phenoxy) is 1. The normalized spacial score (nSPS) is 12.6. The molecular formula is C19H30O7. The van der Waals surface area contributed by atoms with Crippen molar-refractivity contribution in [2.45, 2.75) is 51.0 Å². The maximum Gasteiger partial charge on any atom is 0.303 e. The molecule has 0 heterocycles. The second-order valence-corrected chi connectivity index (χ2v) is 6.01. The van der Waals surface area contributed by atoms with Crippen LogP contribution in [0.3, 0.4) is 0 Å². The number of aliphatic carboxylic acids is 2. The van der Waals surface area contributed by atoms with Gasteiger partial charge in [-0.25, -0.2) is 0 Å². The zero-order valence-corrected chi connectivity index (χ0v) is 15.3. The lowest BCUT2D eigenvalue weighted by molar-refractivity contribution is -0.139. The van der Waals surface area contributed by atoms with Crippen molar-refractivity contribution in [1.29, 1.82) is 0 Å². The van der Waals surface area contributed by atoms with E-state index in [1.165, 1.54) is 0 Å². The summed E-state index contributed by atoms with van der Waals surface area (Å²) in [7, 11) is 0. The molecule has 0 aliphatic heterocycles. The molecule has 0 fully saturated rings. The van der Waals surface area contributed by atoms with Crippen molar-refractivity contribution < 1.29 is 34.8 Å². The molecular weight excluding hydrogens is 340 g/mol. The van der Waals surface area contributed by atoms with Gasteiger partial charge in [-0.3, -0.25) is 9.59 Å². The van der Waals surface area contributed by atoms with Gasteiger partial charge >= 0.3 is 11.9 Å². The average molecular weight is 370 g/mol. The Balaban J connectivity index is 0.000000541. The number of hydrogen-bond donors (Lipinski definition) is 4. The monoisotopic (exact) mass is 370 g/mol. The number of carbonyl (C=O) groups is 2. The number of unbranched alkanes of at least 4 members (excludes halogenated alkanes) is 1. The fraction of sp³-hybridized carbons (Fsp3) is 0.579. The Morgan fingerprint density at radius 2 is 1.58 bits per heavy atom. The summed E-state index contributed by atoms with van der Waals surface area (Å²) in [4.78, 5) is 19.8. The van der Waals surface area contributed by atoms with E-state index in [9.17, 15) is 14.7 Å². The van der Waals surface area contributed by atoms with Crippen LogP contribution in [0.25, 0.3) is 0 Å². The Labute approximate surface area is 154 Å². The largest absolute Gasteiger partial charge is 0.481 e. The SMILES string of the molecule is CCC(O)(COCCO)Cc1ccccc1.O=C(O)CCCCC(=O)O. The molecule has 1 aromatic carbocycles. The van der Waals surface area contributed by atoms with Crippen molar-refractivity contribution in [3.05, 3.63) is 35.9 Å². The Bertz CT molecular complexity index is 488. The Hall–Kier alpha value is -1.96. The van der Waals surface area contributed by atoms with Gasteiger partial charge in [-0.1, -0.05) is 37.3 Å². The molecule has 148 valence electrons. The summed E-state index contributed by atoms with van der Waals surface area (Å²) in [6.07, 6.45) is 2.23. The van der Waals surface area contributed by atoms with E-state index >= 15 is 0 Å². The molecule has 4 N–H and O–H groups in total. The van der Waals surface area contributed by atoms with E-state index in [2.05, 4.69) is 0 Å². The number of aliphatic hydroxyl groups is 2. The van der Waals surface area contributed by atoms with Gasteiger partial charge in [0.25, 0.3) is 0 Å². The highest BCUT2D eigenvalue weighted by Gasteiger charge is 2.25. The van der Waals surface area contributed by atoms with Crippen molar-refractivity contribution in [2.24, 2.45) is 0 Å². The molecule has 1 atom stereocenters. The highest BCUT2D eigenvalue weighted by Crippen LogP contribution is 2.17. The first kappa shape index (κ1) is 24.0. The van der Waals surface area contributed by atoms with Crippen LogP contribution in [0.1, 0.15) is 44.6 Å². The van der Waals surface area contributed by atoms with E-state index in [4.69, 9.17) is 20.1 Å². The number of carboxylic acids is 2. The number of rotatable bonds is 12. The molecule has 1 unspecified atom stereocenters. The summed E-state index contributed by atoms with van der Waals surface area (Å²) < 4.78 is 5.21. The van der Waals surface area contributed by atoms with Crippen LogP contribution in [0, 0.1) is 0 Å². The zero-order chi connectivity index (χ0) is 19.8. The van der Waals surface area contributed by atoms with Gasteiger partial charge in [0.15, 0.2) is 0 Å². The van der Waals surface area contributed by atoms with E-state index in [0.29, 0.717) is 25.7 Å². The minimum atomic E-state index is -0.870. The van der Waals surface area contributed by atoms with Crippen molar-refractivity contribution in [3.8, 4) is 0 Å². The summed E-state index contributed by atoms with van der Waals surface area (Å²) in [6.45, 7) is 2.46. The topological polar surface area (TPSA) is 124 Å². The zero-order valence-electron chi connectivity index (χ0n) is 15.3. The number of benzene rings is 1. The maximum absolute atomic E-state index is 10.3. The van der Waals surface area contributed by atoms with Gasteiger partial charge in [-0.05, 0) is 24.8 Å². The first-order valence-electron chi connectivity index (χ1n) is 8.71. The minimum absolute atomic E-state index is 0.00880. The first-order valence-corrected chi connectivity index (χ1v) is 8.71. The van der Waals surface area contributed by atoms with Crippen LogP contribution in [0.15, 0.2) is 30.3 Å². The third-order valence-electron chi connectivity index (χ3n) is 3.67. The van der Waals surface area contributed by atoms with Gasteiger partial charge in [0.1, 0.15) is 0 Å². The summed E-state index contributed by atoms with van der Waals surface area (Å²) in [5, 5.41) is 35.2. The average Bonchev–Trinajstić information content (AvgIpc) is 2.60. The quantitative estimate of drug-likeness (QED) is 0.415. The van der Waals surface area contributed by atoms with Crippen molar-refractivity contribution in [1.82, 2.24) is 0 Å². The van der Waals surface area contributed by atoms with Gasteiger partial charge in [0.2, 0.25) is 0 Å². The van der Waals surface area contributed by atoms with Crippen LogP contribution in [0.5, 0.6) is 0 Å². The van der Waals surface area contributed by atoms with Crippen LogP contribution < -0.4 is 0 Å². The van der Waals surface area contributed by atoms with E-state index in [1.807, 2.05) is 37.3 Å². The van der Waals surface area contributed by atoms with Crippen molar-refractivity contribution in [2.75, 3.05) is 19.8 Å². The lowest BCUT2D eigenvalue weighted by atomic mass is 9.93. The number of hydrogen-bond acceptors (Lipinski definition) is 5. The lowest BCUT2D eigenvalue weighted by Crippen LogP contribution is -2.36. The molecule has 0 radical (unpaired) electrons. The standard InChI is InChI=1S/C13H20O3.C6H10O4/c1-2-13(15,11-16-9-8-14)10-12-6-4-3-5-7-12;7-5(8)3-1-2-4-6(9)10/h3-7,14-15H,2,8-11H2,1H3;1-4H2,(H,7,8)(H,9,10). The molecule has 0 aliphatic rings. The molecule has 0 aromatic heterocycles. The first-order chi connectivity index (χ1) is 12.3. The summed E-state index contributed by atoms with van der Waals surface area (Å²) in [5.41, 5.74) is 0.260. The smallest absolute Gasteiger partial charge is 0.303 e. The molecule has 1 rings (SSSR count). The molecule has 0 spiro atoms. The van der Waals surface area contributed by atoms with E-state index in [1.54, 1.807) is 0 Å². The van der Waals surface area contributed by atoms with Crippen LogP contribution >= 0.6 is 0 Å². The molecule has 7 nitrogen and oxygen atoms in total. The Morgan fingerprint density at radius 3 is 2.00 bits per heavy atom. The highest BCUT2D eigenvalue weighted by atomic mass is 16.5. The van der Waals surface area contributed by atoms with Crippen molar-refractivity contribution >= 4 is 11.9 Å². The van der Waals surface area contributed by atoms with E-state index in [0.717, 1.165) is 5.56 Å². The molecule has 1 aromatic rings. The minimum Gasteiger partial charge on any atom is -0.481 e. The molecule has 0 saturated heterocycles. The van der Waals surface area contributed by atoms with Crippen LogP contribution in [-0.4, -0.2) is 57.8 Å². The molecule has 0 aliphatic carbocycles. The van der Waals surface area contributed by atoms with Gasteiger partial charge in [-0.2, -0.15) is 0 Å². The second-order valence-electron chi connectivity index (χ2n) is 6.01. The predicted octanol–water partition coefficient (Wildman–Crippen LogP) is 2.10. The van der Waals surface area contributed by atoms with E-state index < -0.39 is 17.5 Å². The maximum atomic E-state index is 10.3. The highest BCUT2D eigenvalue weighted by molar-refractivity contribution is 5.67.